The van der Waals surface area contributed by atoms with Crippen LogP contribution in [0.4, 0.5) is 5.69 Å². The van der Waals surface area contributed by atoms with Gasteiger partial charge in [0.05, 0.1) is 15.5 Å². The molecular formula is C23H29Cl2N3O3S. The van der Waals surface area contributed by atoms with E-state index >= 15 is 0 Å². The second-order valence-corrected chi connectivity index (χ2v) is 11.3. The monoisotopic (exact) mass is 497 g/mol. The van der Waals surface area contributed by atoms with Crippen molar-refractivity contribution in [2.45, 2.75) is 38.1 Å². The molecule has 2 aromatic carbocycles. The van der Waals surface area contributed by atoms with Crippen LogP contribution in [0.15, 0.2) is 41.3 Å². The number of sulfonamides is 1. The van der Waals surface area contributed by atoms with Crippen molar-refractivity contribution >= 4 is 44.8 Å². The minimum atomic E-state index is -3.71. The van der Waals surface area contributed by atoms with Gasteiger partial charge in [-0.2, -0.15) is 4.31 Å². The van der Waals surface area contributed by atoms with Gasteiger partial charge in [-0.05, 0) is 69.0 Å². The lowest BCUT2D eigenvalue weighted by atomic mass is 10.1. The van der Waals surface area contributed by atoms with Gasteiger partial charge < -0.3 is 10.2 Å². The summed E-state index contributed by atoms with van der Waals surface area (Å²) in [6.45, 7) is 7.81. The molecule has 3 rings (SSSR count). The predicted molar refractivity (Wildman–Crippen MR) is 130 cm³/mol. The molecule has 9 heteroatoms. The van der Waals surface area contributed by atoms with E-state index in [4.69, 9.17) is 23.2 Å². The molecule has 2 aromatic rings. The molecule has 1 saturated heterocycles. The average molecular weight is 498 g/mol. The fraction of sp³-hybridized carbons (Fsp3) is 0.435. The summed E-state index contributed by atoms with van der Waals surface area (Å²) in [6.07, 6.45) is 0.938. The van der Waals surface area contributed by atoms with E-state index in [0.29, 0.717) is 11.6 Å². The van der Waals surface area contributed by atoms with Gasteiger partial charge >= 0.3 is 0 Å². The van der Waals surface area contributed by atoms with Crippen molar-refractivity contribution in [2.24, 2.45) is 5.92 Å². The molecule has 1 amide bonds. The molecule has 0 aliphatic carbocycles. The van der Waals surface area contributed by atoms with E-state index in [1.165, 1.54) is 29.6 Å². The zero-order chi connectivity index (χ0) is 23.6. The number of hydrogen-bond donors (Lipinski definition) is 1. The lowest BCUT2D eigenvalue weighted by Gasteiger charge is -2.22. The van der Waals surface area contributed by atoms with Gasteiger partial charge in [0.25, 0.3) is 5.91 Å². The number of nitrogens with zero attached hydrogens (tertiary/aromatic N) is 2. The first-order chi connectivity index (χ1) is 15.0. The zero-order valence-electron chi connectivity index (χ0n) is 18.7. The number of amides is 1. The fourth-order valence-electron chi connectivity index (χ4n) is 3.76. The van der Waals surface area contributed by atoms with Crippen molar-refractivity contribution in [1.29, 1.82) is 0 Å². The van der Waals surface area contributed by atoms with Crippen molar-refractivity contribution in [2.75, 3.05) is 31.6 Å². The normalized spacial score (nSPS) is 16.8. The summed E-state index contributed by atoms with van der Waals surface area (Å²) in [6, 6.07) is 9.88. The molecule has 1 N–H and O–H groups in total. The molecule has 0 aromatic heterocycles. The number of nitrogens with one attached hydrogen (secondary N) is 1. The van der Waals surface area contributed by atoms with Gasteiger partial charge in [0.1, 0.15) is 0 Å². The largest absolute Gasteiger partial charge is 0.371 e. The van der Waals surface area contributed by atoms with Crippen molar-refractivity contribution in [1.82, 2.24) is 9.62 Å². The lowest BCUT2D eigenvalue weighted by molar-refractivity contribution is 0.0948. The molecule has 1 unspecified atom stereocenters. The maximum absolute atomic E-state index is 12.8. The summed E-state index contributed by atoms with van der Waals surface area (Å²) in [4.78, 5) is 15.1. The first-order valence-electron chi connectivity index (χ1n) is 10.6. The Kier molecular flexibility index (Phi) is 7.76. The summed E-state index contributed by atoms with van der Waals surface area (Å²) in [5.41, 5.74) is 2.43. The van der Waals surface area contributed by atoms with Crippen LogP contribution < -0.4 is 10.2 Å². The number of carbonyl (C=O) groups is 1. The molecule has 1 atom stereocenters. The highest BCUT2D eigenvalue weighted by Gasteiger charge is 2.27. The highest BCUT2D eigenvalue weighted by atomic mass is 35.5. The zero-order valence-corrected chi connectivity index (χ0v) is 21.1. The van der Waals surface area contributed by atoms with Crippen LogP contribution in [0.3, 0.4) is 0 Å². The lowest BCUT2D eigenvalue weighted by Crippen LogP contribution is -2.34. The van der Waals surface area contributed by atoms with E-state index in [2.05, 4.69) is 17.1 Å². The Morgan fingerprint density at radius 2 is 1.94 bits per heavy atom. The summed E-state index contributed by atoms with van der Waals surface area (Å²) < 4.78 is 26.8. The van der Waals surface area contributed by atoms with E-state index in [1.807, 2.05) is 18.2 Å². The van der Waals surface area contributed by atoms with Gasteiger partial charge in [-0.3, -0.25) is 4.79 Å². The molecule has 0 spiro atoms. The molecule has 1 heterocycles. The third-order valence-corrected chi connectivity index (χ3v) is 8.53. The number of anilines is 1. The Morgan fingerprint density at radius 1 is 1.22 bits per heavy atom. The van der Waals surface area contributed by atoms with Crippen LogP contribution in [0.5, 0.6) is 0 Å². The smallest absolute Gasteiger partial charge is 0.252 e. The third-order valence-electron chi connectivity index (χ3n) is 5.94. The highest BCUT2D eigenvalue weighted by Crippen LogP contribution is 2.29. The van der Waals surface area contributed by atoms with Gasteiger partial charge in [-0.25, -0.2) is 8.42 Å². The van der Waals surface area contributed by atoms with Gasteiger partial charge in [0.15, 0.2) is 0 Å². The number of hydrogen-bond acceptors (Lipinski definition) is 4. The van der Waals surface area contributed by atoms with Crippen LogP contribution in [0.2, 0.25) is 10.0 Å². The van der Waals surface area contributed by atoms with Crippen LogP contribution in [-0.2, 0) is 10.0 Å². The molecule has 0 bridgehead atoms. The SMILES string of the molecule is Cc1ccc(Cl)cc1N1CCC(CNC(=O)c2cc(S(=O)(=O)N(C)C(C)C)ccc2Cl)C1. The van der Waals surface area contributed by atoms with Crippen molar-refractivity contribution in [3.63, 3.8) is 0 Å². The Bertz CT molecular complexity index is 1110. The van der Waals surface area contributed by atoms with E-state index < -0.39 is 10.0 Å². The molecule has 0 saturated carbocycles. The van der Waals surface area contributed by atoms with Crippen molar-refractivity contribution in [3.8, 4) is 0 Å². The van der Waals surface area contributed by atoms with Crippen molar-refractivity contribution in [3.05, 3.63) is 57.6 Å². The molecular weight excluding hydrogens is 469 g/mol. The minimum absolute atomic E-state index is 0.0479. The van der Waals surface area contributed by atoms with Crippen LogP contribution >= 0.6 is 23.2 Å². The van der Waals surface area contributed by atoms with Gasteiger partial charge in [-0.1, -0.05) is 29.3 Å². The first-order valence-corrected chi connectivity index (χ1v) is 12.8. The quantitative estimate of drug-likeness (QED) is 0.607. The standard InChI is InChI=1S/C23H29Cl2N3O3S/c1-15(2)27(4)32(30,31)19-7-8-21(25)20(12-19)23(29)26-13-17-9-10-28(14-17)22-11-18(24)6-5-16(22)3/h5-8,11-12,15,17H,9-10,13-14H2,1-4H3,(H,26,29). The highest BCUT2D eigenvalue weighted by molar-refractivity contribution is 7.89. The van der Waals surface area contributed by atoms with E-state index in [-0.39, 0.29) is 33.3 Å². The maximum atomic E-state index is 12.8. The second kappa shape index (κ2) is 10.00. The number of aryl methyl sites for hydroxylation is 1. The fourth-order valence-corrected chi connectivity index (χ4v) is 5.52. The number of carbonyl (C=O) groups excluding carboxylic acids is 1. The second-order valence-electron chi connectivity index (χ2n) is 8.50. The molecule has 32 heavy (non-hydrogen) atoms. The maximum Gasteiger partial charge on any atom is 0.252 e. The molecule has 0 radical (unpaired) electrons. The first kappa shape index (κ1) is 24.8. The molecule has 174 valence electrons. The Balaban J connectivity index is 1.67. The van der Waals surface area contributed by atoms with Crippen LogP contribution in [0.1, 0.15) is 36.2 Å². The summed E-state index contributed by atoms with van der Waals surface area (Å²) in [5.74, 6) is -0.105. The Morgan fingerprint density at radius 3 is 2.62 bits per heavy atom. The van der Waals surface area contributed by atoms with Crippen LogP contribution in [-0.4, -0.2) is 51.4 Å². The summed E-state index contributed by atoms with van der Waals surface area (Å²) in [7, 11) is -2.19. The third kappa shape index (κ3) is 5.39. The average Bonchev–Trinajstić information content (AvgIpc) is 3.22. The number of halogens is 2. The van der Waals surface area contributed by atoms with Crippen molar-refractivity contribution < 1.29 is 13.2 Å². The van der Waals surface area contributed by atoms with Gasteiger partial charge in [0.2, 0.25) is 10.0 Å². The van der Waals surface area contributed by atoms with Crippen LogP contribution in [0.25, 0.3) is 0 Å². The Hall–Kier alpha value is -1.80. The summed E-state index contributed by atoms with van der Waals surface area (Å²) in [5, 5.41) is 3.85. The van der Waals surface area contributed by atoms with Gasteiger partial charge in [0, 0.05) is 43.4 Å². The van der Waals surface area contributed by atoms with E-state index in [0.717, 1.165) is 30.8 Å². The number of rotatable bonds is 7. The molecule has 6 nitrogen and oxygen atoms in total. The van der Waals surface area contributed by atoms with Gasteiger partial charge in [-0.15, -0.1) is 0 Å². The summed E-state index contributed by atoms with van der Waals surface area (Å²) >= 11 is 12.4. The number of benzene rings is 2. The Labute approximate surface area is 200 Å². The minimum Gasteiger partial charge on any atom is -0.371 e. The van der Waals surface area contributed by atoms with Crippen LogP contribution in [0, 0.1) is 12.8 Å². The molecule has 1 aliphatic rings. The molecule has 1 aliphatic heterocycles. The van der Waals surface area contributed by atoms with E-state index in [1.54, 1.807) is 13.8 Å². The van der Waals surface area contributed by atoms with E-state index in [9.17, 15) is 13.2 Å². The predicted octanol–water partition coefficient (Wildman–Crippen LogP) is 4.59. The molecule has 1 fully saturated rings. The topological polar surface area (TPSA) is 69.7 Å².